The lowest BCUT2D eigenvalue weighted by Gasteiger charge is -2.08. The largest absolute Gasteiger partial charge is 0.381 e. The minimum Gasteiger partial charge on any atom is -0.381 e. The van der Waals surface area contributed by atoms with Gasteiger partial charge in [-0.05, 0) is 24.5 Å². The third-order valence-electron chi connectivity index (χ3n) is 4.32. The molecule has 1 aromatic heterocycles. The number of amides is 1. The van der Waals surface area contributed by atoms with Crippen molar-refractivity contribution in [3.8, 4) is 0 Å². The highest BCUT2D eigenvalue weighted by molar-refractivity contribution is 5.78. The van der Waals surface area contributed by atoms with Crippen LogP contribution in [0.2, 0.25) is 0 Å². The van der Waals surface area contributed by atoms with Crippen molar-refractivity contribution in [2.75, 3.05) is 19.8 Å². The summed E-state index contributed by atoms with van der Waals surface area (Å²) >= 11 is 0. The first-order valence-electron chi connectivity index (χ1n) is 8.62. The quantitative estimate of drug-likeness (QED) is 0.796. The van der Waals surface area contributed by atoms with Crippen LogP contribution in [0.1, 0.15) is 29.0 Å². The molecule has 6 heteroatoms. The summed E-state index contributed by atoms with van der Waals surface area (Å²) < 4.78 is 16.2. The Bertz CT molecular complexity index is 692. The van der Waals surface area contributed by atoms with Gasteiger partial charge in [0.05, 0.1) is 25.3 Å². The van der Waals surface area contributed by atoms with Gasteiger partial charge < -0.3 is 19.3 Å². The van der Waals surface area contributed by atoms with Crippen LogP contribution in [0.3, 0.4) is 0 Å². The first-order valence-corrected chi connectivity index (χ1v) is 8.62. The molecule has 1 aliphatic heterocycles. The normalized spacial score (nSPS) is 16.9. The number of carbonyl (C=O) groups is 1. The molecular formula is C19H24N2O4. The number of ether oxygens (including phenoxy) is 2. The molecule has 0 saturated carbocycles. The van der Waals surface area contributed by atoms with Crippen molar-refractivity contribution in [3.63, 3.8) is 0 Å². The highest BCUT2D eigenvalue weighted by atomic mass is 16.5. The average Bonchev–Trinajstić information content (AvgIpc) is 3.27. The van der Waals surface area contributed by atoms with Crippen LogP contribution in [0.5, 0.6) is 0 Å². The molecule has 0 bridgehead atoms. The smallest absolute Gasteiger partial charge is 0.226 e. The first-order chi connectivity index (χ1) is 12.2. The third-order valence-corrected chi connectivity index (χ3v) is 4.32. The van der Waals surface area contributed by atoms with E-state index in [1.807, 2.05) is 18.2 Å². The molecule has 2 aromatic rings. The Morgan fingerprint density at radius 2 is 2.24 bits per heavy atom. The molecule has 1 aromatic carbocycles. The van der Waals surface area contributed by atoms with E-state index in [1.54, 1.807) is 6.07 Å². The molecule has 0 spiro atoms. The standard InChI is InChI=1S/C19H24N2O4/c1-14-4-2-3-5-16(14)12-24-13-18-8-17(21-25-18)9-19(22)20-10-15-6-7-23-11-15/h2-5,8,15H,6-7,9-13H2,1H3,(H,20,22). The maximum absolute atomic E-state index is 12.0. The zero-order valence-corrected chi connectivity index (χ0v) is 14.5. The second-order valence-electron chi connectivity index (χ2n) is 6.41. The van der Waals surface area contributed by atoms with E-state index in [2.05, 4.69) is 23.5 Å². The van der Waals surface area contributed by atoms with Crippen LogP contribution in [0.15, 0.2) is 34.9 Å². The lowest BCUT2D eigenvalue weighted by atomic mass is 10.1. The molecule has 0 aliphatic carbocycles. The van der Waals surface area contributed by atoms with Crippen LogP contribution in [0.25, 0.3) is 0 Å². The molecule has 25 heavy (non-hydrogen) atoms. The average molecular weight is 344 g/mol. The molecule has 1 atom stereocenters. The van der Waals surface area contributed by atoms with Gasteiger partial charge >= 0.3 is 0 Å². The fourth-order valence-electron chi connectivity index (χ4n) is 2.77. The van der Waals surface area contributed by atoms with Gasteiger partial charge in [0, 0.05) is 25.1 Å². The summed E-state index contributed by atoms with van der Waals surface area (Å²) in [6, 6.07) is 9.87. The van der Waals surface area contributed by atoms with E-state index in [-0.39, 0.29) is 12.3 Å². The van der Waals surface area contributed by atoms with Gasteiger partial charge in [-0.15, -0.1) is 0 Å². The molecule has 3 rings (SSSR count). The van der Waals surface area contributed by atoms with Gasteiger partial charge in [-0.25, -0.2) is 0 Å². The summed E-state index contributed by atoms with van der Waals surface area (Å²) in [4.78, 5) is 12.0. The van der Waals surface area contributed by atoms with E-state index in [9.17, 15) is 4.79 Å². The first kappa shape index (κ1) is 17.6. The van der Waals surface area contributed by atoms with E-state index < -0.39 is 0 Å². The van der Waals surface area contributed by atoms with E-state index in [0.717, 1.165) is 25.2 Å². The molecule has 1 saturated heterocycles. The molecule has 6 nitrogen and oxygen atoms in total. The number of hydrogen-bond acceptors (Lipinski definition) is 5. The minimum absolute atomic E-state index is 0.0485. The van der Waals surface area contributed by atoms with E-state index >= 15 is 0 Å². The Morgan fingerprint density at radius 1 is 1.36 bits per heavy atom. The van der Waals surface area contributed by atoms with Gasteiger partial charge in [-0.2, -0.15) is 0 Å². The lowest BCUT2D eigenvalue weighted by Crippen LogP contribution is -2.30. The summed E-state index contributed by atoms with van der Waals surface area (Å²) in [6.07, 6.45) is 1.22. The molecule has 2 heterocycles. The number of aromatic nitrogens is 1. The summed E-state index contributed by atoms with van der Waals surface area (Å²) in [5.41, 5.74) is 2.97. The van der Waals surface area contributed by atoms with Crippen molar-refractivity contribution < 1.29 is 18.8 Å². The molecule has 1 amide bonds. The van der Waals surface area contributed by atoms with E-state index in [0.29, 0.717) is 37.1 Å². The van der Waals surface area contributed by atoms with Gasteiger partial charge in [-0.1, -0.05) is 29.4 Å². The van der Waals surface area contributed by atoms with Gasteiger partial charge in [0.25, 0.3) is 0 Å². The van der Waals surface area contributed by atoms with Crippen molar-refractivity contribution in [2.45, 2.75) is 33.0 Å². The minimum atomic E-state index is -0.0485. The zero-order valence-electron chi connectivity index (χ0n) is 14.5. The molecule has 1 fully saturated rings. The van der Waals surface area contributed by atoms with Crippen molar-refractivity contribution in [2.24, 2.45) is 5.92 Å². The Balaban J connectivity index is 1.39. The fraction of sp³-hybridized carbons (Fsp3) is 0.474. The Kier molecular flexibility index (Phi) is 6.19. The third kappa shape index (κ3) is 5.41. The molecular weight excluding hydrogens is 320 g/mol. The number of aryl methyl sites for hydroxylation is 1. The Morgan fingerprint density at radius 3 is 3.04 bits per heavy atom. The van der Waals surface area contributed by atoms with Crippen LogP contribution < -0.4 is 5.32 Å². The monoisotopic (exact) mass is 344 g/mol. The van der Waals surface area contributed by atoms with Crippen LogP contribution in [-0.4, -0.2) is 30.8 Å². The molecule has 0 radical (unpaired) electrons. The topological polar surface area (TPSA) is 73.6 Å². The number of carbonyl (C=O) groups excluding carboxylic acids is 1. The molecule has 1 N–H and O–H groups in total. The predicted molar refractivity (Wildman–Crippen MR) is 91.8 cm³/mol. The lowest BCUT2D eigenvalue weighted by molar-refractivity contribution is -0.120. The number of nitrogens with one attached hydrogen (secondary N) is 1. The number of nitrogens with zero attached hydrogens (tertiary/aromatic N) is 1. The van der Waals surface area contributed by atoms with Crippen molar-refractivity contribution in [3.05, 3.63) is 52.9 Å². The van der Waals surface area contributed by atoms with Crippen LogP contribution in [0.4, 0.5) is 0 Å². The van der Waals surface area contributed by atoms with Gasteiger partial charge in [0.1, 0.15) is 6.61 Å². The number of benzene rings is 1. The second-order valence-corrected chi connectivity index (χ2v) is 6.41. The van der Waals surface area contributed by atoms with Crippen molar-refractivity contribution >= 4 is 5.91 Å². The highest BCUT2D eigenvalue weighted by Gasteiger charge is 2.17. The van der Waals surface area contributed by atoms with Crippen LogP contribution in [-0.2, 0) is 33.9 Å². The summed E-state index contributed by atoms with van der Waals surface area (Å²) in [5, 5.41) is 6.86. The zero-order chi connectivity index (χ0) is 17.5. The predicted octanol–water partition coefficient (Wildman–Crippen LogP) is 2.40. The maximum Gasteiger partial charge on any atom is 0.226 e. The van der Waals surface area contributed by atoms with E-state index in [4.69, 9.17) is 14.0 Å². The SMILES string of the molecule is Cc1ccccc1COCc1cc(CC(=O)NCC2CCOC2)no1. The van der Waals surface area contributed by atoms with Crippen molar-refractivity contribution in [1.29, 1.82) is 0 Å². The number of hydrogen-bond donors (Lipinski definition) is 1. The summed E-state index contributed by atoms with van der Waals surface area (Å²) in [6.45, 7) is 5.09. The van der Waals surface area contributed by atoms with Gasteiger partial charge in [-0.3, -0.25) is 4.79 Å². The van der Waals surface area contributed by atoms with Crippen LogP contribution >= 0.6 is 0 Å². The van der Waals surface area contributed by atoms with E-state index in [1.165, 1.54) is 5.56 Å². The fourth-order valence-corrected chi connectivity index (χ4v) is 2.77. The Hall–Kier alpha value is -2.18. The molecule has 134 valence electrons. The van der Waals surface area contributed by atoms with Crippen molar-refractivity contribution in [1.82, 2.24) is 10.5 Å². The second kappa shape index (κ2) is 8.78. The Labute approximate surface area is 147 Å². The maximum atomic E-state index is 12.0. The summed E-state index contributed by atoms with van der Waals surface area (Å²) in [7, 11) is 0. The van der Waals surface area contributed by atoms with Crippen LogP contribution in [0, 0.1) is 12.8 Å². The summed E-state index contributed by atoms with van der Waals surface area (Å²) in [5.74, 6) is 1.000. The number of rotatable bonds is 8. The van der Waals surface area contributed by atoms with Gasteiger partial charge in [0.2, 0.25) is 5.91 Å². The molecule has 1 unspecified atom stereocenters. The highest BCUT2D eigenvalue weighted by Crippen LogP contribution is 2.12. The van der Waals surface area contributed by atoms with Gasteiger partial charge in [0.15, 0.2) is 5.76 Å². The molecule has 1 aliphatic rings.